The summed E-state index contributed by atoms with van der Waals surface area (Å²) in [6, 6.07) is 11.1. The van der Waals surface area contributed by atoms with Gasteiger partial charge >= 0.3 is 0 Å². The van der Waals surface area contributed by atoms with Crippen molar-refractivity contribution in [1.82, 2.24) is 5.32 Å². The molecule has 0 aliphatic carbocycles. The molecule has 4 heteroatoms. The van der Waals surface area contributed by atoms with Crippen LogP contribution in [-0.4, -0.2) is 13.1 Å². The van der Waals surface area contributed by atoms with Gasteiger partial charge in [-0.05, 0) is 48.4 Å². The van der Waals surface area contributed by atoms with Gasteiger partial charge in [0.2, 0.25) is 0 Å². The average molecular weight is 310 g/mol. The molecule has 0 radical (unpaired) electrons. The predicted molar refractivity (Wildman–Crippen MR) is 82.8 cm³/mol. The third-order valence-corrected chi connectivity index (χ3v) is 3.70. The van der Waals surface area contributed by atoms with E-state index in [2.05, 4.69) is 5.32 Å². The summed E-state index contributed by atoms with van der Waals surface area (Å²) in [5.74, 6) is -0.481. The van der Waals surface area contributed by atoms with E-state index in [9.17, 15) is 8.78 Å². The van der Waals surface area contributed by atoms with Crippen LogP contribution in [0, 0.1) is 11.6 Å². The Labute approximate surface area is 128 Å². The zero-order chi connectivity index (χ0) is 15.2. The van der Waals surface area contributed by atoms with Crippen LogP contribution in [0.2, 0.25) is 5.02 Å². The minimum absolute atomic E-state index is 0.0845. The van der Waals surface area contributed by atoms with E-state index in [1.54, 1.807) is 24.3 Å². The minimum atomic E-state index is -0.300. The van der Waals surface area contributed by atoms with E-state index in [1.807, 2.05) is 6.92 Å². The molecule has 2 aromatic carbocycles. The highest BCUT2D eigenvalue weighted by Crippen LogP contribution is 2.24. The molecule has 2 aromatic rings. The highest BCUT2D eigenvalue weighted by Gasteiger charge is 2.15. The van der Waals surface area contributed by atoms with Crippen LogP contribution in [0.25, 0.3) is 0 Å². The lowest BCUT2D eigenvalue weighted by atomic mass is 9.91. The summed E-state index contributed by atoms with van der Waals surface area (Å²) in [5.41, 5.74) is 1.61. The molecule has 0 heterocycles. The second-order valence-electron chi connectivity index (χ2n) is 5.00. The Morgan fingerprint density at radius 1 is 1.10 bits per heavy atom. The lowest BCUT2D eigenvalue weighted by Crippen LogP contribution is -2.23. The molecule has 0 amide bonds. The van der Waals surface area contributed by atoms with Crippen LogP contribution in [0.4, 0.5) is 8.78 Å². The van der Waals surface area contributed by atoms with Crippen LogP contribution in [0.3, 0.4) is 0 Å². The average Bonchev–Trinajstić information content (AvgIpc) is 2.46. The SMILES string of the molecule is CCNCC(Cc1ccc(Cl)cc1F)c1ccc(F)cc1. The molecule has 0 saturated heterocycles. The normalized spacial score (nSPS) is 12.4. The summed E-state index contributed by atoms with van der Waals surface area (Å²) in [4.78, 5) is 0. The summed E-state index contributed by atoms with van der Waals surface area (Å²) in [5, 5.41) is 3.66. The van der Waals surface area contributed by atoms with Crippen LogP contribution in [0.5, 0.6) is 0 Å². The summed E-state index contributed by atoms with van der Waals surface area (Å²) in [7, 11) is 0. The fourth-order valence-electron chi connectivity index (χ4n) is 2.31. The van der Waals surface area contributed by atoms with Gasteiger partial charge in [-0.1, -0.05) is 36.7 Å². The predicted octanol–water partition coefficient (Wildman–Crippen LogP) is 4.55. The molecule has 0 fully saturated rings. The van der Waals surface area contributed by atoms with Crippen LogP contribution >= 0.6 is 11.6 Å². The van der Waals surface area contributed by atoms with Gasteiger partial charge in [-0.3, -0.25) is 0 Å². The first-order valence-corrected chi connectivity index (χ1v) is 7.38. The highest BCUT2D eigenvalue weighted by atomic mass is 35.5. The molecule has 0 aromatic heterocycles. The Balaban J connectivity index is 2.21. The zero-order valence-electron chi connectivity index (χ0n) is 11.9. The van der Waals surface area contributed by atoms with Crippen molar-refractivity contribution in [2.75, 3.05) is 13.1 Å². The standard InChI is InChI=1S/C17H18ClF2N/c1-2-21-11-14(12-4-7-16(19)8-5-12)9-13-3-6-15(18)10-17(13)20/h3-8,10,14,21H,2,9,11H2,1H3. The number of nitrogens with one attached hydrogen (secondary N) is 1. The van der Waals surface area contributed by atoms with Gasteiger partial charge in [-0.25, -0.2) is 8.78 Å². The summed E-state index contributed by atoms with van der Waals surface area (Å²) >= 11 is 5.78. The number of hydrogen-bond donors (Lipinski definition) is 1. The molecule has 0 bridgehead atoms. The lowest BCUT2D eigenvalue weighted by Gasteiger charge is -2.18. The summed E-state index contributed by atoms with van der Waals surface area (Å²) in [6.07, 6.45) is 0.543. The van der Waals surface area contributed by atoms with Gasteiger partial charge in [0, 0.05) is 17.5 Å². The molecular formula is C17H18ClF2N. The number of rotatable bonds is 6. The van der Waals surface area contributed by atoms with Crippen molar-refractivity contribution in [1.29, 1.82) is 0 Å². The summed E-state index contributed by atoms with van der Waals surface area (Å²) in [6.45, 7) is 3.57. The Bertz CT molecular complexity index is 584. The Hall–Kier alpha value is -1.45. The lowest BCUT2D eigenvalue weighted by molar-refractivity contribution is 0.560. The van der Waals surface area contributed by atoms with E-state index in [0.717, 1.165) is 12.1 Å². The van der Waals surface area contributed by atoms with Gasteiger partial charge in [0.1, 0.15) is 11.6 Å². The topological polar surface area (TPSA) is 12.0 Å². The largest absolute Gasteiger partial charge is 0.316 e. The van der Waals surface area contributed by atoms with Gasteiger partial charge in [-0.15, -0.1) is 0 Å². The van der Waals surface area contributed by atoms with Crippen molar-refractivity contribution in [2.45, 2.75) is 19.3 Å². The molecule has 0 aliphatic rings. The van der Waals surface area contributed by atoms with Gasteiger partial charge in [0.25, 0.3) is 0 Å². The number of benzene rings is 2. The van der Waals surface area contributed by atoms with Crippen LogP contribution in [0.15, 0.2) is 42.5 Å². The van der Waals surface area contributed by atoms with Gasteiger partial charge < -0.3 is 5.32 Å². The second-order valence-corrected chi connectivity index (χ2v) is 5.43. The third kappa shape index (κ3) is 4.51. The number of hydrogen-bond acceptors (Lipinski definition) is 1. The van der Waals surface area contributed by atoms with E-state index in [1.165, 1.54) is 18.2 Å². The Kier molecular flexibility index (Phi) is 5.71. The summed E-state index contributed by atoms with van der Waals surface area (Å²) < 4.78 is 27.0. The number of likely N-dealkylation sites (N-methyl/N-ethyl adjacent to an activating group) is 1. The van der Waals surface area contributed by atoms with Crippen molar-refractivity contribution < 1.29 is 8.78 Å². The van der Waals surface area contributed by atoms with Crippen LogP contribution in [-0.2, 0) is 6.42 Å². The minimum Gasteiger partial charge on any atom is -0.316 e. The molecule has 21 heavy (non-hydrogen) atoms. The molecule has 0 spiro atoms. The van der Waals surface area contributed by atoms with Gasteiger partial charge in [-0.2, -0.15) is 0 Å². The van der Waals surface area contributed by atoms with E-state index >= 15 is 0 Å². The molecule has 0 saturated carbocycles. The molecule has 1 unspecified atom stereocenters. The highest BCUT2D eigenvalue weighted by molar-refractivity contribution is 6.30. The molecule has 112 valence electrons. The Morgan fingerprint density at radius 3 is 2.43 bits per heavy atom. The van der Waals surface area contributed by atoms with Crippen molar-refractivity contribution in [3.63, 3.8) is 0 Å². The maximum atomic E-state index is 13.9. The quantitative estimate of drug-likeness (QED) is 0.825. The first-order chi connectivity index (χ1) is 10.1. The molecule has 2 rings (SSSR count). The van der Waals surface area contributed by atoms with Crippen molar-refractivity contribution >= 4 is 11.6 Å². The van der Waals surface area contributed by atoms with Gasteiger partial charge in [0.15, 0.2) is 0 Å². The second kappa shape index (κ2) is 7.53. The van der Waals surface area contributed by atoms with E-state index in [-0.39, 0.29) is 17.6 Å². The Morgan fingerprint density at radius 2 is 1.81 bits per heavy atom. The molecule has 0 aliphatic heterocycles. The molecule has 1 atom stereocenters. The van der Waals surface area contributed by atoms with Crippen molar-refractivity contribution in [3.05, 3.63) is 70.2 Å². The van der Waals surface area contributed by atoms with Crippen LogP contribution < -0.4 is 5.32 Å². The first-order valence-electron chi connectivity index (χ1n) is 7.00. The van der Waals surface area contributed by atoms with E-state index in [0.29, 0.717) is 23.6 Å². The van der Waals surface area contributed by atoms with Crippen LogP contribution in [0.1, 0.15) is 24.0 Å². The maximum absolute atomic E-state index is 13.9. The van der Waals surface area contributed by atoms with E-state index < -0.39 is 0 Å². The molecular weight excluding hydrogens is 292 g/mol. The van der Waals surface area contributed by atoms with Crippen molar-refractivity contribution in [3.8, 4) is 0 Å². The van der Waals surface area contributed by atoms with E-state index in [4.69, 9.17) is 11.6 Å². The van der Waals surface area contributed by atoms with Crippen molar-refractivity contribution in [2.24, 2.45) is 0 Å². The maximum Gasteiger partial charge on any atom is 0.127 e. The monoisotopic (exact) mass is 309 g/mol. The zero-order valence-corrected chi connectivity index (χ0v) is 12.6. The third-order valence-electron chi connectivity index (χ3n) is 3.46. The molecule has 1 N–H and O–H groups in total. The fourth-order valence-corrected chi connectivity index (χ4v) is 2.47. The van der Waals surface area contributed by atoms with Gasteiger partial charge in [0.05, 0.1) is 0 Å². The smallest absolute Gasteiger partial charge is 0.127 e. The molecule has 1 nitrogen and oxygen atoms in total. The fraction of sp³-hybridized carbons (Fsp3) is 0.294. The first kappa shape index (κ1) is 15.9. The number of halogens is 3.